The van der Waals surface area contributed by atoms with Crippen LogP contribution in [0.25, 0.3) is 0 Å². The Kier molecular flexibility index (Phi) is 7.68. The van der Waals surface area contributed by atoms with Gasteiger partial charge in [0.15, 0.2) is 6.61 Å². The Morgan fingerprint density at radius 1 is 1.07 bits per heavy atom. The topological polar surface area (TPSA) is 125 Å². The summed E-state index contributed by atoms with van der Waals surface area (Å²) >= 11 is 0. The van der Waals surface area contributed by atoms with E-state index in [1.165, 1.54) is 24.3 Å². The van der Waals surface area contributed by atoms with Crippen molar-refractivity contribution in [3.8, 4) is 6.07 Å². The highest BCUT2D eigenvalue weighted by molar-refractivity contribution is 7.89. The fourth-order valence-corrected chi connectivity index (χ4v) is 3.23. The minimum atomic E-state index is -3.83. The second-order valence-electron chi connectivity index (χ2n) is 5.67. The van der Waals surface area contributed by atoms with Gasteiger partial charge in [-0.25, -0.2) is 17.9 Å². The number of esters is 1. The molecule has 8 nitrogen and oxygen atoms in total. The first-order chi connectivity index (χ1) is 13.4. The summed E-state index contributed by atoms with van der Waals surface area (Å²) in [5.74, 6) is -1.37. The Balaban J connectivity index is 1.97. The van der Waals surface area contributed by atoms with Crippen molar-refractivity contribution in [2.24, 2.45) is 0 Å². The summed E-state index contributed by atoms with van der Waals surface area (Å²) < 4.78 is 32.2. The predicted molar refractivity (Wildman–Crippen MR) is 100 cm³/mol. The fraction of sp³-hybridized carbons (Fsp3) is 0.211. The number of ether oxygens (including phenoxy) is 1. The average Bonchev–Trinajstić information content (AvgIpc) is 2.71. The monoisotopic (exact) mass is 401 g/mol. The Morgan fingerprint density at radius 2 is 1.82 bits per heavy atom. The maximum atomic E-state index is 12.4. The van der Waals surface area contributed by atoms with E-state index in [4.69, 9.17) is 10.00 Å². The third kappa shape index (κ3) is 6.50. The molecule has 2 aromatic carbocycles. The van der Waals surface area contributed by atoms with Gasteiger partial charge in [0.2, 0.25) is 10.0 Å². The lowest BCUT2D eigenvalue weighted by molar-refractivity contribution is -0.124. The first-order valence-electron chi connectivity index (χ1n) is 8.37. The van der Waals surface area contributed by atoms with Crippen LogP contribution in [-0.4, -0.2) is 33.4 Å². The maximum Gasteiger partial charge on any atom is 0.338 e. The Bertz CT molecular complexity index is 969. The summed E-state index contributed by atoms with van der Waals surface area (Å²) in [6.07, 6.45) is 0.148. The standard InChI is InChI=1S/C19H19N3O5S/c20-10-5-11-21-18(23)14-27-19(24)16-8-4-9-17(12-16)28(25,26)22-13-15-6-2-1-3-7-15/h1-4,6-9,12,22H,5,11,13-14H2,(H,21,23). The SMILES string of the molecule is N#CCCNC(=O)COC(=O)c1cccc(S(=O)(=O)NCc2ccccc2)c1. The van der Waals surface area contributed by atoms with Crippen molar-refractivity contribution >= 4 is 21.9 Å². The van der Waals surface area contributed by atoms with Crippen molar-refractivity contribution in [3.63, 3.8) is 0 Å². The molecule has 2 N–H and O–H groups in total. The number of nitriles is 1. The molecule has 0 saturated heterocycles. The van der Waals surface area contributed by atoms with Crippen LogP contribution in [0.1, 0.15) is 22.3 Å². The molecule has 9 heteroatoms. The van der Waals surface area contributed by atoms with Crippen LogP contribution < -0.4 is 10.0 Å². The number of carbonyl (C=O) groups excluding carboxylic acids is 2. The molecule has 0 radical (unpaired) electrons. The Morgan fingerprint density at radius 3 is 2.54 bits per heavy atom. The lowest BCUT2D eigenvalue weighted by atomic mass is 10.2. The number of rotatable bonds is 9. The van der Waals surface area contributed by atoms with Gasteiger partial charge in [-0.15, -0.1) is 0 Å². The van der Waals surface area contributed by atoms with Crippen LogP contribution >= 0.6 is 0 Å². The number of benzene rings is 2. The van der Waals surface area contributed by atoms with Gasteiger partial charge in [-0.2, -0.15) is 5.26 Å². The highest BCUT2D eigenvalue weighted by Crippen LogP contribution is 2.13. The zero-order valence-electron chi connectivity index (χ0n) is 14.9. The number of carbonyl (C=O) groups is 2. The molecule has 0 aliphatic carbocycles. The van der Waals surface area contributed by atoms with Crippen LogP contribution in [-0.2, 0) is 26.1 Å². The molecule has 0 unspecified atom stereocenters. The van der Waals surface area contributed by atoms with Crippen molar-refractivity contribution in [2.75, 3.05) is 13.2 Å². The van der Waals surface area contributed by atoms with E-state index in [1.807, 2.05) is 12.1 Å². The molecule has 146 valence electrons. The van der Waals surface area contributed by atoms with Crippen molar-refractivity contribution in [1.29, 1.82) is 5.26 Å². The van der Waals surface area contributed by atoms with E-state index in [1.54, 1.807) is 24.3 Å². The van der Waals surface area contributed by atoms with Crippen LogP contribution in [0.2, 0.25) is 0 Å². The molecule has 1 amide bonds. The first kappa shape index (κ1) is 21.1. The van der Waals surface area contributed by atoms with Gasteiger partial charge in [0.1, 0.15) is 0 Å². The smallest absolute Gasteiger partial charge is 0.338 e. The number of hydrogen-bond acceptors (Lipinski definition) is 6. The lowest BCUT2D eigenvalue weighted by Gasteiger charge is -2.09. The van der Waals surface area contributed by atoms with E-state index in [2.05, 4.69) is 10.0 Å². The molecule has 2 rings (SSSR count). The molecule has 0 bridgehead atoms. The van der Waals surface area contributed by atoms with Crippen LogP contribution in [0.3, 0.4) is 0 Å². The van der Waals surface area contributed by atoms with E-state index in [9.17, 15) is 18.0 Å². The van der Waals surface area contributed by atoms with Crippen LogP contribution in [0, 0.1) is 11.3 Å². The number of hydrogen-bond donors (Lipinski definition) is 2. The summed E-state index contributed by atoms with van der Waals surface area (Å²) in [4.78, 5) is 23.5. The molecule has 2 aromatic rings. The molecule has 0 fully saturated rings. The maximum absolute atomic E-state index is 12.4. The minimum Gasteiger partial charge on any atom is -0.452 e. The molecule has 0 spiro atoms. The minimum absolute atomic E-state index is 0.00686. The number of amides is 1. The van der Waals surface area contributed by atoms with Gasteiger partial charge in [0, 0.05) is 13.1 Å². The number of nitrogens with one attached hydrogen (secondary N) is 2. The highest BCUT2D eigenvalue weighted by atomic mass is 32.2. The molecule has 0 aliphatic rings. The van der Waals surface area contributed by atoms with Crippen LogP contribution in [0.5, 0.6) is 0 Å². The first-order valence-corrected chi connectivity index (χ1v) is 9.85. The van der Waals surface area contributed by atoms with Crippen LogP contribution in [0.4, 0.5) is 0 Å². The Labute approximate surface area is 163 Å². The second-order valence-corrected chi connectivity index (χ2v) is 7.44. The fourth-order valence-electron chi connectivity index (χ4n) is 2.17. The molecule has 0 saturated carbocycles. The van der Waals surface area contributed by atoms with Gasteiger partial charge in [-0.3, -0.25) is 4.79 Å². The zero-order chi connectivity index (χ0) is 20.4. The van der Waals surface area contributed by atoms with Crippen molar-refractivity contribution < 1.29 is 22.7 Å². The molecular formula is C19H19N3O5S. The molecule has 0 aliphatic heterocycles. The summed E-state index contributed by atoms with van der Waals surface area (Å²) in [6, 6.07) is 16.2. The third-order valence-corrected chi connectivity index (χ3v) is 4.98. The molecule has 0 atom stereocenters. The molecular weight excluding hydrogens is 382 g/mol. The van der Waals surface area contributed by atoms with Gasteiger partial charge in [0.25, 0.3) is 5.91 Å². The highest BCUT2D eigenvalue weighted by Gasteiger charge is 2.17. The molecule has 0 heterocycles. The summed E-state index contributed by atoms with van der Waals surface area (Å²) in [5, 5.41) is 10.8. The summed E-state index contributed by atoms with van der Waals surface area (Å²) in [5.41, 5.74) is 0.802. The predicted octanol–water partition coefficient (Wildman–Crippen LogP) is 1.35. The van der Waals surface area contributed by atoms with Crippen molar-refractivity contribution in [1.82, 2.24) is 10.0 Å². The molecule has 0 aromatic heterocycles. The van der Waals surface area contributed by atoms with E-state index in [0.717, 1.165) is 5.56 Å². The van der Waals surface area contributed by atoms with Gasteiger partial charge in [-0.1, -0.05) is 36.4 Å². The van der Waals surface area contributed by atoms with E-state index >= 15 is 0 Å². The summed E-state index contributed by atoms with van der Waals surface area (Å²) in [7, 11) is -3.83. The van der Waals surface area contributed by atoms with Gasteiger partial charge >= 0.3 is 5.97 Å². The van der Waals surface area contributed by atoms with Gasteiger partial charge in [0.05, 0.1) is 22.9 Å². The quantitative estimate of drug-likeness (QED) is 0.483. The zero-order valence-corrected chi connectivity index (χ0v) is 15.7. The largest absolute Gasteiger partial charge is 0.452 e. The van der Waals surface area contributed by atoms with Gasteiger partial charge in [-0.05, 0) is 23.8 Å². The number of nitrogens with zero attached hydrogens (tertiary/aromatic N) is 1. The van der Waals surface area contributed by atoms with E-state index < -0.39 is 28.5 Å². The normalized spacial score (nSPS) is 10.7. The summed E-state index contributed by atoms with van der Waals surface area (Å²) in [6.45, 7) is -0.248. The lowest BCUT2D eigenvalue weighted by Crippen LogP contribution is -2.29. The van der Waals surface area contributed by atoms with Gasteiger partial charge < -0.3 is 10.1 Å². The average molecular weight is 401 g/mol. The van der Waals surface area contributed by atoms with Crippen molar-refractivity contribution in [2.45, 2.75) is 17.9 Å². The molecule has 28 heavy (non-hydrogen) atoms. The van der Waals surface area contributed by atoms with E-state index in [-0.39, 0.29) is 30.0 Å². The van der Waals surface area contributed by atoms with Crippen molar-refractivity contribution in [3.05, 3.63) is 65.7 Å². The second kappa shape index (κ2) is 10.2. The van der Waals surface area contributed by atoms with Crippen LogP contribution in [0.15, 0.2) is 59.5 Å². The number of sulfonamides is 1. The van der Waals surface area contributed by atoms with E-state index in [0.29, 0.717) is 0 Å². The third-order valence-electron chi connectivity index (χ3n) is 3.58. The Hall–Kier alpha value is -3.22.